The van der Waals surface area contributed by atoms with Crippen molar-refractivity contribution in [1.82, 2.24) is 14.9 Å². The molecule has 1 aromatic heterocycles. The Morgan fingerprint density at radius 2 is 2.20 bits per heavy atom. The van der Waals surface area contributed by atoms with Gasteiger partial charge >= 0.3 is 0 Å². The van der Waals surface area contributed by atoms with Crippen LogP contribution in [0, 0.1) is 11.3 Å². The molecule has 1 aliphatic heterocycles. The molecule has 108 valence electrons. The smallest absolute Gasteiger partial charge is 0.238 e. The summed E-state index contributed by atoms with van der Waals surface area (Å²) < 4.78 is 19.0. The molecule has 1 saturated heterocycles. The number of hydrogen-bond donors (Lipinski definition) is 0. The van der Waals surface area contributed by atoms with E-state index in [-0.39, 0.29) is 34.0 Å². The van der Waals surface area contributed by atoms with Gasteiger partial charge in [-0.15, -0.1) is 0 Å². The summed E-state index contributed by atoms with van der Waals surface area (Å²) in [4.78, 5) is 9.46. The number of nitriles is 1. The van der Waals surface area contributed by atoms with Gasteiger partial charge in [-0.3, -0.25) is 4.90 Å². The highest BCUT2D eigenvalue weighted by Crippen LogP contribution is 2.31. The van der Waals surface area contributed by atoms with Gasteiger partial charge < -0.3 is 4.74 Å². The van der Waals surface area contributed by atoms with E-state index in [2.05, 4.69) is 9.97 Å². The van der Waals surface area contributed by atoms with Crippen LogP contribution in [0.25, 0.3) is 0 Å². The van der Waals surface area contributed by atoms with Gasteiger partial charge in [0.25, 0.3) is 0 Å². The number of aromatic nitrogens is 2. The summed E-state index contributed by atoms with van der Waals surface area (Å²) in [6.45, 7) is 2.18. The number of nitrogens with zero attached hydrogens (tertiary/aromatic N) is 4. The van der Waals surface area contributed by atoms with Crippen LogP contribution in [-0.2, 0) is 0 Å². The molecule has 0 unspecified atom stereocenters. The summed E-state index contributed by atoms with van der Waals surface area (Å²) in [5, 5.41) is 8.82. The minimum Gasteiger partial charge on any atom is -0.472 e. The lowest BCUT2D eigenvalue weighted by Gasteiger charge is -2.26. The van der Waals surface area contributed by atoms with Gasteiger partial charge in [0.1, 0.15) is 23.4 Å². The number of alkyl halides is 1. The topological polar surface area (TPSA) is 62.0 Å². The summed E-state index contributed by atoms with van der Waals surface area (Å²) in [6, 6.07) is 1.70. The highest BCUT2D eigenvalue weighted by Gasteiger charge is 2.34. The normalized spacial score (nSPS) is 24.4. The van der Waals surface area contributed by atoms with Crippen LogP contribution >= 0.6 is 23.2 Å². The van der Waals surface area contributed by atoms with Crippen molar-refractivity contribution in [1.29, 1.82) is 5.26 Å². The number of likely N-dealkylation sites (N-methyl/N-ethyl adjacent to an activating group) is 1. The Kier molecular flexibility index (Phi) is 4.63. The minimum atomic E-state index is -0.866. The lowest BCUT2D eigenvalue weighted by molar-refractivity contribution is 0.116. The molecule has 2 rings (SSSR count). The van der Waals surface area contributed by atoms with Crippen LogP contribution in [0.15, 0.2) is 0 Å². The zero-order valence-corrected chi connectivity index (χ0v) is 12.5. The molecule has 1 fully saturated rings. The fourth-order valence-electron chi connectivity index (χ4n) is 2.30. The van der Waals surface area contributed by atoms with Gasteiger partial charge in [-0.2, -0.15) is 10.2 Å². The van der Waals surface area contributed by atoms with Crippen molar-refractivity contribution in [2.45, 2.75) is 31.7 Å². The molecular weight excluding hydrogens is 306 g/mol. The lowest BCUT2D eigenvalue weighted by atomic mass is 10.1. The molecule has 8 heteroatoms. The Morgan fingerprint density at radius 3 is 2.75 bits per heavy atom. The first-order chi connectivity index (χ1) is 9.42. The molecule has 0 aliphatic carbocycles. The molecule has 3 atom stereocenters. The average Bonchev–Trinajstić information content (AvgIpc) is 2.73. The summed E-state index contributed by atoms with van der Waals surface area (Å²) in [7, 11) is 1.83. The van der Waals surface area contributed by atoms with Crippen LogP contribution in [-0.4, -0.2) is 46.8 Å². The van der Waals surface area contributed by atoms with Gasteiger partial charge in [0, 0.05) is 12.6 Å². The van der Waals surface area contributed by atoms with Gasteiger partial charge in [0.2, 0.25) is 11.7 Å². The molecule has 0 aromatic carbocycles. The average molecular weight is 319 g/mol. The molecule has 2 heterocycles. The van der Waals surface area contributed by atoms with Crippen LogP contribution in [0.2, 0.25) is 10.2 Å². The maximum Gasteiger partial charge on any atom is 0.238 e. The van der Waals surface area contributed by atoms with E-state index in [4.69, 9.17) is 33.2 Å². The zero-order chi connectivity index (χ0) is 14.9. The Balaban J connectivity index is 2.18. The largest absolute Gasteiger partial charge is 0.472 e. The number of likely N-dealkylation sites (tertiary alicyclic amines) is 1. The third-order valence-corrected chi connectivity index (χ3v) is 3.98. The predicted molar refractivity (Wildman–Crippen MR) is 72.8 cm³/mol. The standard InChI is InChI=1S/C12H13Cl2FN4O/c1-6(8-3-7(15)5-19(8)2)20-12-10(13)11(14)17-9(4-16)18-12/h6-8H,3,5H2,1-2H3/t6-,7+,8-/m0/s1. The molecule has 0 N–H and O–H groups in total. The van der Waals surface area contributed by atoms with Gasteiger partial charge in [0.15, 0.2) is 5.15 Å². The van der Waals surface area contributed by atoms with Crippen molar-refractivity contribution in [2.24, 2.45) is 0 Å². The van der Waals surface area contributed by atoms with Crippen LogP contribution in [0.5, 0.6) is 5.88 Å². The fourth-order valence-corrected chi connectivity index (χ4v) is 2.59. The maximum absolute atomic E-state index is 13.4. The molecule has 0 spiro atoms. The number of hydrogen-bond acceptors (Lipinski definition) is 5. The molecule has 1 aliphatic rings. The van der Waals surface area contributed by atoms with Crippen LogP contribution in [0.4, 0.5) is 4.39 Å². The van der Waals surface area contributed by atoms with Crippen LogP contribution in [0.1, 0.15) is 19.2 Å². The Morgan fingerprint density at radius 1 is 1.50 bits per heavy atom. The minimum absolute atomic E-state index is 0.0384. The van der Waals surface area contributed by atoms with Gasteiger partial charge in [-0.05, 0) is 20.4 Å². The number of halogens is 3. The van der Waals surface area contributed by atoms with Crippen molar-refractivity contribution in [3.8, 4) is 11.9 Å². The van der Waals surface area contributed by atoms with E-state index in [0.717, 1.165) is 0 Å². The highest BCUT2D eigenvalue weighted by molar-refractivity contribution is 6.42. The van der Waals surface area contributed by atoms with Crippen molar-refractivity contribution < 1.29 is 9.13 Å². The van der Waals surface area contributed by atoms with Gasteiger partial charge in [-0.1, -0.05) is 23.2 Å². The highest BCUT2D eigenvalue weighted by atomic mass is 35.5. The van der Waals surface area contributed by atoms with Gasteiger partial charge in [-0.25, -0.2) is 9.37 Å². The van der Waals surface area contributed by atoms with Crippen molar-refractivity contribution >= 4 is 23.2 Å². The summed E-state index contributed by atoms with van der Waals surface area (Å²) in [6.07, 6.45) is -0.815. The molecule has 0 saturated carbocycles. The van der Waals surface area contributed by atoms with E-state index < -0.39 is 6.17 Å². The first-order valence-electron chi connectivity index (χ1n) is 6.06. The second-order valence-corrected chi connectivity index (χ2v) is 5.47. The third-order valence-electron chi connectivity index (χ3n) is 3.27. The summed E-state index contributed by atoms with van der Waals surface area (Å²) in [5.74, 6) is -0.0730. The summed E-state index contributed by atoms with van der Waals surface area (Å²) >= 11 is 11.8. The molecule has 0 bridgehead atoms. The van der Waals surface area contributed by atoms with E-state index >= 15 is 0 Å². The molecule has 0 amide bonds. The molecule has 0 radical (unpaired) electrons. The van der Waals surface area contributed by atoms with E-state index in [9.17, 15) is 4.39 Å². The fraction of sp³-hybridized carbons (Fsp3) is 0.583. The maximum atomic E-state index is 13.4. The second kappa shape index (κ2) is 6.08. The van der Waals surface area contributed by atoms with E-state index in [1.807, 2.05) is 11.9 Å². The first kappa shape index (κ1) is 15.2. The zero-order valence-electron chi connectivity index (χ0n) is 11.0. The SMILES string of the molecule is C[C@H](Oc1nc(C#N)nc(Cl)c1Cl)[C@@H]1C[C@@H](F)CN1C. The first-order valence-corrected chi connectivity index (χ1v) is 6.82. The Hall–Kier alpha value is -1.16. The quantitative estimate of drug-likeness (QED) is 0.801. The van der Waals surface area contributed by atoms with Crippen LogP contribution in [0.3, 0.4) is 0 Å². The van der Waals surface area contributed by atoms with E-state index in [0.29, 0.717) is 13.0 Å². The number of ether oxygens (including phenoxy) is 1. The monoisotopic (exact) mass is 318 g/mol. The van der Waals surface area contributed by atoms with E-state index in [1.54, 1.807) is 13.0 Å². The number of rotatable bonds is 3. The molecule has 5 nitrogen and oxygen atoms in total. The molecule has 20 heavy (non-hydrogen) atoms. The van der Waals surface area contributed by atoms with Crippen molar-refractivity contribution in [3.63, 3.8) is 0 Å². The third kappa shape index (κ3) is 3.11. The van der Waals surface area contributed by atoms with Crippen LogP contribution < -0.4 is 4.74 Å². The Labute approximate surface area is 126 Å². The predicted octanol–water partition coefficient (Wildman–Crippen LogP) is 2.46. The van der Waals surface area contributed by atoms with E-state index in [1.165, 1.54) is 0 Å². The summed E-state index contributed by atoms with van der Waals surface area (Å²) in [5.41, 5.74) is 0. The van der Waals surface area contributed by atoms with Crippen molar-refractivity contribution in [2.75, 3.05) is 13.6 Å². The lowest BCUT2D eigenvalue weighted by Crippen LogP contribution is -2.38. The molecule has 1 aromatic rings. The Bertz CT molecular complexity index is 551. The van der Waals surface area contributed by atoms with Gasteiger partial charge in [0.05, 0.1) is 0 Å². The molecular formula is C12H13Cl2FN4O. The van der Waals surface area contributed by atoms with Crippen molar-refractivity contribution in [3.05, 3.63) is 16.0 Å². The second-order valence-electron chi connectivity index (χ2n) is 4.73.